The monoisotopic (exact) mass is 458 g/mol. The van der Waals surface area contributed by atoms with Gasteiger partial charge in [-0.2, -0.15) is 13.2 Å². The Morgan fingerprint density at radius 3 is 2.58 bits per heavy atom. The highest BCUT2D eigenvalue weighted by molar-refractivity contribution is 6.39. The minimum absolute atomic E-state index is 0.00854. The molecule has 172 valence electrons. The minimum atomic E-state index is -4.46. The smallest absolute Gasteiger partial charge is 0.350 e. The average Bonchev–Trinajstić information content (AvgIpc) is 2.78. The molecule has 1 fully saturated rings. The number of carbonyl (C=O) groups is 3. The number of amides is 2. The Kier molecular flexibility index (Phi) is 5.92. The van der Waals surface area contributed by atoms with E-state index in [2.05, 4.69) is 10.3 Å². The van der Waals surface area contributed by atoms with Crippen molar-refractivity contribution in [2.24, 2.45) is 0 Å². The molecule has 0 spiro atoms. The molecule has 1 aliphatic carbocycles. The average molecular weight is 458 g/mol. The van der Waals surface area contributed by atoms with Crippen LogP contribution in [0.1, 0.15) is 23.6 Å². The van der Waals surface area contributed by atoms with Crippen LogP contribution in [-0.2, 0) is 27.0 Å². The van der Waals surface area contributed by atoms with Gasteiger partial charge in [-0.1, -0.05) is 12.1 Å². The molecule has 7 nitrogen and oxygen atoms in total. The van der Waals surface area contributed by atoms with Crippen molar-refractivity contribution in [3.05, 3.63) is 59.3 Å². The van der Waals surface area contributed by atoms with Crippen LogP contribution in [0.2, 0.25) is 0 Å². The number of nitrogens with one attached hydrogen (secondary N) is 1. The van der Waals surface area contributed by atoms with Gasteiger partial charge in [0.1, 0.15) is 5.82 Å². The second-order valence-corrected chi connectivity index (χ2v) is 8.04. The molecular formula is C23H21F3N4O3. The van der Waals surface area contributed by atoms with Crippen molar-refractivity contribution in [3.63, 3.8) is 0 Å². The number of aromatic nitrogens is 1. The first-order valence-electron chi connectivity index (χ1n) is 10.4. The van der Waals surface area contributed by atoms with Gasteiger partial charge in [0.15, 0.2) is 5.78 Å². The predicted molar refractivity (Wildman–Crippen MR) is 115 cm³/mol. The summed E-state index contributed by atoms with van der Waals surface area (Å²) >= 11 is 0. The molecule has 1 aliphatic heterocycles. The van der Waals surface area contributed by atoms with Crippen molar-refractivity contribution in [3.8, 4) is 0 Å². The first-order valence-corrected chi connectivity index (χ1v) is 10.4. The summed E-state index contributed by atoms with van der Waals surface area (Å²) in [6.07, 6.45) is -0.215. The number of hydrogen-bond donors (Lipinski definition) is 1. The molecule has 2 aliphatic rings. The summed E-state index contributed by atoms with van der Waals surface area (Å²) in [7, 11) is 0. The fourth-order valence-corrected chi connectivity index (χ4v) is 3.95. The van der Waals surface area contributed by atoms with E-state index in [9.17, 15) is 27.6 Å². The molecule has 1 aromatic carbocycles. The standard InChI is InChI=1S/C23H21F3N4O3/c1-14-13-29(8-9-30(14)20-7-4-17(12-27-20)23(24,25)26)22(33)21(32)28-18-5-2-16-11-19(31)6-3-15(16)10-18/h2-7,10,12,14H,8-9,11,13H2,1H3,(H,28,32)/t14-/m1/s1. The van der Waals surface area contributed by atoms with Crippen LogP contribution in [0.4, 0.5) is 24.7 Å². The maximum Gasteiger partial charge on any atom is 0.417 e. The van der Waals surface area contributed by atoms with Crippen LogP contribution in [0, 0.1) is 0 Å². The molecule has 1 atom stereocenters. The fraction of sp³-hybridized carbons (Fsp3) is 0.304. The number of nitrogens with zero attached hydrogens (tertiary/aromatic N) is 3. The third kappa shape index (κ3) is 4.89. The first-order chi connectivity index (χ1) is 15.6. The van der Waals surface area contributed by atoms with Gasteiger partial charge in [0.2, 0.25) is 0 Å². The van der Waals surface area contributed by atoms with E-state index >= 15 is 0 Å². The topological polar surface area (TPSA) is 82.6 Å². The number of hydrogen-bond acceptors (Lipinski definition) is 5. The lowest BCUT2D eigenvalue weighted by molar-refractivity contribution is -0.143. The summed E-state index contributed by atoms with van der Waals surface area (Å²) in [6, 6.07) is 7.14. The lowest BCUT2D eigenvalue weighted by atomic mass is 9.96. The number of benzene rings is 1. The Bertz CT molecular complexity index is 1130. The molecule has 1 N–H and O–H groups in total. The summed E-state index contributed by atoms with van der Waals surface area (Å²) in [5.74, 6) is -1.08. The number of pyridine rings is 1. The van der Waals surface area contributed by atoms with E-state index in [0.29, 0.717) is 24.5 Å². The van der Waals surface area contributed by atoms with E-state index in [1.807, 2.05) is 6.92 Å². The van der Waals surface area contributed by atoms with Gasteiger partial charge in [-0.25, -0.2) is 4.98 Å². The maximum absolute atomic E-state index is 12.8. The summed E-state index contributed by atoms with van der Waals surface area (Å²) < 4.78 is 38.3. The number of piperazine rings is 1. The lowest BCUT2D eigenvalue weighted by Crippen LogP contribution is -2.56. The van der Waals surface area contributed by atoms with E-state index in [1.54, 1.807) is 29.2 Å². The van der Waals surface area contributed by atoms with Crippen LogP contribution in [0.15, 0.2) is 42.6 Å². The molecule has 1 saturated heterocycles. The van der Waals surface area contributed by atoms with Crippen LogP contribution < -0.4 is 10.2 Å². The van der Waals surface area contributed by atoms with Gasteiger partial charge in [0.05, 0.1) is 5.56 Å². The van der Waals surface area contributed by atoms with Crippen molar-refractivity contribution in [2.45, 2.75) is 25.6 Å². The molecule has 0 bridgehead atoms. The highest BCUT2D eigenvalue weighted by atomic mass is 19.4. The van der Waals surface area contributed by atoms with E-state index in [0.717, 1.165) is 23.4 Å². The molecule has 4 rings (SSSR count). The van der Waals surface area contributed by atoms with Gasteiger partial charge in [0, 0.05) is 44.0 Å². The Morgan fingerprint density at radius 1 is 1.12 bits per heavy atom. The minimum Gasteiger partial charge on any atom is -0.350 e. The molecule has 0 radical (unpaired) electrons. The number of rotatable bonds is 2. The Morgan fingerprint density at radius 2 is 1.91 bits per heavy atom. The third-order valence-corrected chi connectivity index (χ3v) is 5.70. The van der Waals surface area contributed by atoms with Crippen molar-refractivity contribution in [1.82, 2.24) is 9.88 Å². The highest BCUT2D eigenvalue weighted by Gasteiger charge is 2.33. The molecule has 10 heteroatoms. The van der Waals surface area contributed by atoms with E-state index in [-0.39, 0.29) is 24.9 Å². The van der Waals surface area contributed by atoms with Crippen LogP contribution in [0.25, 0.3) is 6.08 Å². The van der Waals surface area contributed by atoms with Gasteiger partial charge in [-0.3, -0.25) is 14.4 Å². The van der Waals surface area contributed by atoms with Crippen LogP contribution in [0.5, 0.6) is 0 Å². The van der Waals surface area contributed by atoms with Gasteiger partial charge in [-0.05, 0) is 48.4 Å². The zero-order valence-electron chi connectivity index (χ0n) is 17.7. The van der Waals surface area contributed by atoms with Crippen LogP contribution >= 0.6 is 0 Å². The molecule has 0 saturated carbocycles. The fourth-order valence-electron chi connectivity index (χ4n) is 3.95. The number of alkyl halides is 3. The number of halogens is 3. The Hall–Kier alpha value is -3.69. The molecule has 2 amide bonds. The second-order valence-electron chi connectivity index (χ2n) is 8.04. The first kappa shape index (κ1) is 22.5. The van der Waals surface area contributed by atoms with Gasteiger partial charge < -0.3 is 15.1 Å². The number of allylic oxidation sites excluding steroid dienone is 1. The van der Waals surface area contributed by atoms with E-state index in [4.69, 9.17) is 0 Å². The number of carbonyl (C=O) groups excluding carboxylic acids is 3. The summed E-state index contributed by atoms with van der Waals surface area (Å²) in [5, 5.41) is 2.60. The van der Waals surface area contributed by atoms with Crippen molar-refractivity contribution >= 4 is 35.2 Å². The predicted octanol–water partition coefficient (Wildman–Crippen LogP) is 2.91. The summed E-state index contributed by atoms with van der Waals surface area (Å²) in [5.41, 5.74) is 1.29. The zero-order valence-corrected chi connectivity index (χ0v) is 17.7. The van der Waals surface area contributed by atoms with Crippen LogP contribution in [0.3, 0.4) is 0 Å². The number of fused-ring (bicyclic) bond motifs is 1. The number of anilines is 2. The van der Waals surface area contributed by atoms with E-state index < -0.39 is 23.6 Å². The highest BCUT2D eigenvalue weighted by Crippen LogP contribution is 2.30. The Labute approximate surface area is 187 Å². The lowest BCUT2D eigenvalue weighted by Gasteiger charge is -2.40. The molecule has 1 aromatic heterocycles. The molecule has 33 heavy (non-hydrogen) atoms. The van der Waals surface area contributed by atoms with Crippen molar-refractivity contribution in [2.75, 3.05) is 29.9 Å². The van der Waals surface area contributed by atoms with E-state index in [1.165, 1.54) is 17.0 Å². The zero-order chi connectivity index (χ0) is 23.8. The largest absolute Gasteiger partial charge is 0.417 e. The maximum atomic E-state index is 12.8. The normalized spacial score (nSPS) is 18.2. The SMILES string of the molecule is C[C@@H]1CN(C(=O)C(=O)Nc2ccc3c(c2)C=CC(=O)C3)CCN1c1ccc(C(F)(F)F)cn1. The molecule has 2 aromatic rings. The Balaban J connectivity index is 1.37. The molecule has 0 unspecified atom stereocenters. The summed E-state index contributed by atoms with van der Waals surface area (Å²) in [6.45, 7) is 2.60. The second kappa shape index (κ2) is 8.68. The van der Waals surface area contributed by atoms with Crippen molar-refractivity contribution in [1.29, 1.82) is 0 Å². The van der Waals surface area contributed by atoms with Gasteiger partial charge >= 0.3 is 18.0 Å². The molecular weight excluding hydrogens is 437 g/mol. The van der Waals surface area contributed by atoms with Crippen LogP contribution in [-0.4, -0.2) is 53.2 Å². The third-order valence-electron chi connectivity index (χ3n) is 5.70. The number of ketones is 1. The van der Waals surface area contributed by atoms with Crippen molar-refractivity contribution < 1.29 is 27.6 Å². The quantitative estimate of drug-likeness (QED) is 0.700. The molecule has 2 heterocycles. The van der Waals surface area contributed by atoms with Gasteiger partial charge in [-0.15, -0.1) is 0 Å². The summed E-state index contributed by atoms with van der Waals surface area (Å²) in [4.78, 5) is 43.8. The van der Waals surface area contributed by atoms with Gasteiger partial charge in [0.25, 0.3) is 0 Å².